The summed E-state index contributed by atoms with van der Waals surface area (Å²) < 4.78 is 0. The summed E-state index contributed by atoms with van der Waals surface area (Å²) in [4.78, 5) is 14.9. The van der Waals surface area contributed by atoms with Crippen LogP contribution in [0.15, 0.2) is 34.4 Å². The number of carbonyl (C=O) groups excluding carboxylic acids is 1. The van der Waals surface area contributed by atoms with Gasteiger partial charge in [0.2, 0.25) is 18.1 Å². The number of nitriles is 1. The number of aliphatic hydroxyl groups is 1. The summed E-state index contributed by atoms with van der Waals surface area (Å²) >= 11 is 0. The quantitative estimate of drug-likeness (QED) is 0.363. The van der Waals surface area contributed by atoms with Crippen molar-refractivity contribution in [1.82, 2.24) is 10.7 Å². The number of anilines is 1. The maximum absolute atomic E-state index is 11.3. The van der Waals surface area contributed by atoms with Gasteiger partial charge >= 0.3 is 0 Å². The van der Waals surface area contributed by atoms with Crippen molar-refractivity contribution in [3.8, 4) is 6.19 Å². The number of carbonyl (C=O) groups is 1. The zero-order valence-corrected chi connectivity index (χ0v) is 12.7. The van der Waals surface area contributed by atoms with Gasteiger partial charge in [-0.05, 0) is 17.7 Å². The summed E-state index contributed by atoms with van der Waals surface area (Å²) in [5.41, 5.74) is 4.98. The number of hydrogen-bond donors (Lipinski definition) is 4. The molecular weight excluding hydrogens is 296 g/mol. The van der Waals surface area contributed by atoms with E-state index in [1.165, 1.54) is 0 Å². The number of hydrazone groups is 1. The predicted molar refractivity (Wildman–Crippen MR) is 86.7 cm³/mol. The van der Waals surface area contributed by atoms with Crippen molar-refractivity contribution in [3.63, 3.8) is 0 Å². The smallest absolute Gasteiger partial charge is 0.240 e. The number of nitrogens with zero attached hydrogens (tertiary/aromatic N) is 3. The number of guanidine groups is 1. The molecule has 1 aromatic carbocycles. The molecule has 1 aliphatic heterocycles. The SMILES string of the molecule is CC1CC(=O)NN=C1c1ccc(NC(=NC#N)NCCO)cc1. The summed E-state index contributed by atoms with van der Waals surface area (Å²) in [6.07, 6.45) is 2.11. The van der Waals surface area contributed by atoms with E-state index in [0.29, 0.717) is 13.0 Å². The molecule has 1 aliphatic rings. The van der Waals surface area contributed by atoms with Gasteiger partial charge in [-0.25, -0.2) is 5.43 Å². The highest BCUT2D eigenvalue weighted by Crippen LogP contribution is 2.18. The Balaban J connectivity index is 2.09. The average Bonchev–Trinajstić information content (AvgIpc) is 2.54. The molecule has 0 saturated heterocycles. The molecule has 0 fully saturated rings. The van der Waals surface area contributed by atoms with Crippen LogP contribution >= 0.6 is 0 Å². The molecule has 1 unspecified atom stereocenters. The van der Waals surface area contributed by atoms with Gasteiger partial charge < -0.3 is 15.7 Å². The summed E-state index contributed by atoms with van der Waals surface area (Å²) in [5.74, 6) is 0.251. The van der Waals surface area contributed by atoms with Crippen LogP contribution in [0.5, 0.6) is 0 Å². The van der Waals surface area contributed by atoms with Gasteiger partial charge in [-0.15, -0.1) is 4.99 Å². The van der Waals surface area contributed by atoms with Gasteiger partial charge in [-0.2, -0.15) is 10.4 Å². The predicted octanol–water partition coefficient (Wildman–Crippen LogP) is 0.378. The number of amides is 1. The number of aliphatic imine (C=N–C) groups is 1. The monoisotopic (exact) mass is 314 g/mol. The van der Waals surface area contributed by atoms with E-state index < -0.39 is 0 Å². The van der Waals surface area contributed by atoms with Crippen LogP contribution in [-0.2, 0) is 4.79 Å². The highest BCUT2D eigenvalue weighted by Gasteiger charge is 2.21. The highest BCUT2D eigenvalue weighted by atomic mass is 16.3. The second-order valence-electron chi connectivity index (χ2n) is 5.05. The van der Waals surface area contributed by atoms with E-state index in [0.717, 1.165) is 17.0 Å². The molecular formula is C15H18N6O2. The van der Waals surface area contributed by atoms with Crippen LogP contribution in [0.1, 0.15) is 18.9 Å². The van der Waals surface area contributed by atoms with Gasteiger partial charge in [0.1, 0.15) is 0 Å². The van der Waals surface area contributed by atoms with Gasteiger partial charge in [-0.3, -0.25) is 4.79 Å². The van der Waals surface area contributed by atoms with E-state index in [4.69, 9.17) is 10.4 Å². The van der Waals surface area contributed by atoms with E-state index in [2.05, 4.69) is 26.2 Å². The normalized spacial score (nSPS) is 17.8. The molecule has 1 atom stereocenters. The Labute approximate surface area is 133 Å². The first-order valence-electron chi connectivity index (χ1n) is 7.19. The van der Waals surface area contributed by atoms with E-state index in [-0.39, 0.29) is 24.4 Å². The Morgan fingerprint density at radius 1 is 1.52 bits per heavy atom. The maximum atomic E-state index is 11.3. The summed E-state index contributed by atoms with van der Waals surface area (Å²) in [7, 11) is 0. The minimum Gasteiger partial charge on any atom is -0.395 e. The number of nitrogens with one attached hydrogen (secondary N) is 3. The topological polar surface area (TPSA) is 122 Å². The van der Waals surface area contributed by atoms with Crippen LogP contribution in [0, 0.1) is 17.4 Å². The molecule has 0 aliphatic carbocycles. The Kier molecular flexibility index (Phi) is 5.66. The lowest BCUT2D eigenvalue weighted by atomic mass is 9.94. The van der Waals surface area contributed by atoms with E-state index in [9.17, 15) is 4.79 Å². The van der Waals surface area contributed by atoms with Crippen LogP contribution in [0.25, 0.3) is 0 Å². The number of aliphatic hydroxyl groups excluding tert-OH is 1. The lowest BCUT2D eigenvalue weighted by Crippen LogP contribution is -2.33. The van der Waals surface area contributed by atoms with Crippen molar-refractivity contribution in [2.45, 2.75) is 13.3 Å². The van der Waals surface area contributed by atoms with Crippen LogP contribution in [0.2, 0.25) is 0 Å². The van der Waals surface area contributed by atoms with Gasteiger partial charge in [-0.1, -0.05) is 19.1 Å². The Morgan fingerprint density at radius 3 is 2.87 bits per heavy atom. The third-order valence-corrected chi connectivity index (χ3v) is 3.27. The van der Waals surface area contributed by atoms with Crippen LogP contribution in [0.3, 0.4) is 0 Å². The average molecular weight is 314 g/mol. The number of benzene rings is 1. The van der Waals surface area contributed by atoms with Gasteiger partial charge in [0.05, 0.1) is 12.3 Å². The molecule has 4 N–H and O–H groups in total. The van der Waals surface area contributed by atoms with Crippen LogP contribution in [0.4, 0.5) is 5.69 Å². The van der Waals surface area contributed by atoms with Gasteiger partial charge in [0.25, 0.3) is 0 Å². The number of hydrogen-bond acceptors (Lipinski definition) is 5. The number of rotatable bonds is 4. The fourth-order valence-electron chi connectivity index (χ4n) is 2.20. The molecule has 0 saturated carbocycles. The molecule has 8 nitrogen and oxygen atoms in total. The molecule has 120 valence electrons. The lowest BCUT2D eigenvalue weighted by Gasteiger charge is -2.19. The van der Waals surface area contributed by atoms with Crippen molar-refractivity contribution < 1.29 is 9.90 Å². The summed E-state index contributed by atoms with van der Waals surface area (Å²) in [6.45, 7) is 2.19. The van der Waals surface area contributed by atoms with Gasteiger partial charge in [0.15, 0.2) is 0 Å². The molecule has 1 heterocycles. The molecule has 0 bridgehead atoms. The zero-order chi connectivity index (χ0) is 16.7. The second kappa shape index (κ2) is 7.91. The molecule has 2 rings (SSSR count). The van der Waals surface area contributed by atoms with Crippen LogP contribution < -0.4 is 16.1 Å². The third kappa shape index (κ3) is 4.52. The zero-order valence-electron chi connectivity index (χ0n) is 12.7. The highest BCUT2D eigenvalue weighted by molar-refractivity contribution is 6.06. The van der Waals surface area contributed by atoms with E-state index in [1.807, 2.05) is 31.2 Å². The largest absolute Gasteiger partial charge is 0.395 e. The minimum atomic E-state index is -0.0770. The van der Waals surface area contributed by atoms with Crippen molar-refractivity contribution >= 4 is 23.3 Å². The van der Waals surface area contributed by atoms with Gasteiger partial charge in [0, 0.05) is 24.6 Å². The first kappa shape index (κ1) is 16.5. The molecule has 23 heavy (non-hydrogen) atoms. The second-order valence-corrected chi connectivity index (χ2v) is 5.05. The standard InChI is InChI=1S/C15H18N6O2/c1-10-8-13(23)20-21-14(10)11-2-4-12(5-3-11)19-15(18-9-16)17-6-7-22/h2-5,10,22H,6-8H2,1H3,(H,20,23)(H2,17,18,19). The maximum Gasteiger partial charge on any atom is 0.240 e. The Morgan fingerprint density at radius 2 is 2.26 bits per heavy atom. The molecule has 1 amide bonds. The van der Waals surface area contributed by atoms with Crippen molar-refractivity contribution in [2.75, 3.05) is 18.5 Å². The molecule has 0 spiro atoms. The first-order chi connectivity index (χ1) is 11.1. The van der Waals surface area contributed by atoms with E-state index >= 15 is 0 Å². The van der Waals surface area contributed by atoms with Crippen LogP contribution in [-0.4, -0.2) is 35.8 Å². The summed E-state index contributed by atoms with van der Waals surface area (Å²) in [5, 5.41) is 27.3. The lowest BCUT2D eigenvalue weighted by molar-refractivity contribution is -0.121. The summed E-state index contributed by atoms with van der Waals surface area (Å²) in [6, 6.07) is 7.42. The molecule has 1 aromatic rings. The molecule has 8 heteroatoms. The van der Waals surface area contributed by atoms with Crippen molar-refractivity contribution in [1.29, 1.82) is 5.26 Å². The minimum absolute atomic E-state index is 0.0597. The van der Waals surface area contributed by atoms with Crippen molar-refractivity contribution in [3.05, 3.63) is 29.8 Å². The third-order valence-electron chi connectivity index (χ3n) is 3.27. The molecule has 0 aromatic heterocycles. The van der Waals surface area contributed by atoms with Crippen molar-refractivity contribution in [2.24, 2.45) is 16.0 Å². The fourth-order valence-corrected chi connectivity index (χ4v) is 2.20. The fraction of sp³-hybridized carbons (Fsp3) is 0.333. The molecule has 0 radical (unpaired) electrons. The first-order valence-corrected chi connectivity index (χ1v) is 7.19. The Hall–Kier alpha value is -2.92. The van der Waals surface area contributed by atoms with E-state index in [1.54, 1.807) is 6.19 Å². The Bertz CT molecular complexity index is 660.